The minimum Gasteiger partial charge on any atom is -0.396 e. The molecular weight excluding hydrogens is 246 g/mol. The van der Waals surface area contributed by atoms with Gasteiger partial charge in [0.05, 0.1) is 5.54 Å². The molecule has 0 aromatic carbocycles. The molecular formula is C14H27NO2S. The summed E-state index contributed by atoms with van der Waals surface area (Å²) in [7, 11) is 0. The molecule has 3 nitrogen and oxygen atoms in total. The van der Waals surface area contributed by atoms with Crippen LogP contribution in [-0.2, 0) is 4.79 Å². The molecule has 0 heterocycles. The zero-order valence-corrected chi connectivity index (χ0v) is 12.7. The Labute approximate surface area is 115 Å². The number of amides is 1. The van der Waals surface area contributed by atoms with Crippen LogP contribution in [0.5, 0.6) is 0 Å². The summed E-state index contributed by atoms with van der Waals surface area (Å²) < 4.78 is 0. The van der Waals surface area contributed by atoms with Gasteiger partial charge in [0.2, 0.25) is 5.91 Å². The molecule has 1 atom stereocenters. The quantitative estimate of drug-likeness (QED) is 0.475. The minimum absolute atomic E-state index is 0.0759. The van der Waals surface area contributed by atoms with Crippen molar-refractivity contribution in [2.45, 2.75) is 52.0 Å². The van der Waals surface area contributed by atoms with E-state index in [1.165, 1.54) is 0 Å². The molecule has 0 bridgehead atoms. The molecule has 0 aromatic heterocycles. The van der Waals surface area contributed by atoms with Crippen LogP contribution in [-0.4, -0.2) is 34.7 Å². The lowest BCUT2D eigenvalue weighted by molar-refractivity contribution is -0.122. The Kier molecular flexibility index (Phi) is 10.2. The van der Waals surface area contributed by atoms with Gasteiger partial charge in [-0.15, -0.1) is 0 Å². The van der Waals surface area contributed by atoms with E-state index < -0.39 is 0 Å². The standard InChI is InChI=1S/C14H27NO2S/c1-4-7-9-14(5-2,10-11-16)15-13(17)8-12-18-6-3/h7,9,16H,4-6,8,10-12H2,1-3H3,(H,15,17). The Hall–Kier alpha value is -0.480. The molecule has 0 saturated heterocycles. The molecule has 0 aliphatic carbocycles. The predicted octanol–water partition coefficient (Wildman–Crippen LogP) is 2.74. The third-order valence-corrected chi connectivity index (χ3v) is 3.83. The van der Waals surface area contributed by atoms with E-state index in [1.807, 2.05) is 13.0 Å². The lowest BCUT2D eigenvalue weighted by Gasteiger charge is -2.30. The smallest absolute Gasteiger partial charge is 0.221 e. The fraction of sp³-hybridized carbons (Fsp3) is 0.786. The number of hydrogen-bond acceptors (Lipinski definition) is 3. The van der Waals surface area contributed by atoms with Gasteiger partial charge >= 0.3 is 0 Å². The van der Waals surface area contributed by atoms with E-state index in [9.17, 15) is 9.90 Å². The maximum absolute atomic E-state index is 11.9. The van der Waals surface area contributed by atoms with Crippen molar-refractivity contribution >= 4 is 17.7 Å². The van der Waals surface area contributed by atoms with Crippen molar-refractivity contribution in [3.63, 3.8) is 0 Å². The molecule has 2 N–H and O–H groups in total. The fourth-order valence-corrected chi connectivity index (χ4v) is 2.38. The van der Waals surface area contributed by atoms with Gasteiger partial charge in [-0.05, 0) is 25.0 Å². The van der Waals surface area contributed by atoms with Crippen LogP contribution < -0.4 is 5.32 Å². The molecule has 18 heavy (non-hydrogen) atoms. The van der Waals surface area contributed by atoms with E-state index in [-0.39, 0.29) is 18.1 Å². The molecule has 0 radical (unpaired) electrons. The van der Waals surface area contributed by atoms with Crippen LogP contribution in [0.2, 0.25) is 0 Å². The molecule has 0 saturated carbocycles. The lowest BCUT2D eigenvalue weighted by Crippen LogP contribution is -2.47. The highest BCUT2D eigenvalue weighted by Gasteiger charge is 2.25. The molecule has 0 fully saturated rings. The molecule has 0 aliphatic heterocycles. The Morgan fingerprint density at radius 1 is 1.39 bits per heavy atom. The number of rotatable bonds is 10. The van der Waals surface area contributed by atoms with E-state index in [2.05, 4.69) is 25.2 Å². The van der Waals surface area contributed by atoms with Crippen LogP contribution in [0.4, 0.5) is 0 Å². The number of carbonyl (C=O) groups excluding carboxylic acids is 1. The van der Waals surface area contributed by atoms with E-state index >= 15 is 0 Å². The first-order chi connectivity index (χ1) is 8.64. The summed E-state index contributed by atoms with van der Waals surface area (Å²) in [6.07, 6.45) is 6.96. The van der Waals surface area contributed by atoms with Crippen LogP contribution in [0.1, 0.15) is 46.5 Å². The van der Waals surface area contributed by atoms with Crippen LogP contribution in [0.25, 0.3) is 0 Å². The Bertz CT molecular complexity index is 256. The number of thioether (sulfide) groups is 1. The first-order valence-electron chi connectivity index (χ1n) is 6.81. The first kappa shape index (κ1) is 17.5. The van der Waals surface area contributed by atoms with E-state index in [0.29, 0.717) is 12.8 Å². The summed E-state index contributed by atoms with van der Waals surface area (Å²) in [6, 6.07) is 0. The van der Waals surface area contributed by atoms with Gasteiger partial charge in [0.1, 0.15) is 0 Å². The maximum Gasteiger partial charge on any atom is 0.221 e. The highest BCUT2D eigenvalue weighted by molar-refractivity contribution is 7.99. The number of nitrogens with one attached hydrogen (secondary N) is 1. The van der Waals surface area contributed by atoms with Gasteiger partial charge in [-0.2, -0.15) is 11.8 Å². The lowest BCUT2D eigenvalue weighted by atomic mass is 9.91. The van der Waals surface area contributed by atoms with Crippen LogP contribution in [0.3, 0.4) is 0 Å². The third kappa shape index (κ3) is 7.07. The first-order valence-corrected chi connectivity index (χ1v) is 7.96. The average molecular weight is 273 g/mol. The van der Waals surface area contributed by atoms with Gasteiger partial charge in [-0.3, -0.25) is 4.79 Å². The van der Waals surface area contributed by atoms with Crippen molar-refractivity contribution in [3.05, 3.63) is 12.2 Å². The van der Waals surface area contributed by atoms with Gasteiger partial charge in [-0.25, -0.2) is 0 Å². The molecule has 1 amide bonds. The largest absolute Gasteiger partial charge is 0.396 e. The second-order valence-corrected chi connectivity index (χ2v) is 5.68. The van der Waals surface area contributed by atoms with Crippen LogP contribution in [0.15, 0.2) is 12.2 Å². The zero-order valence-electron chi connectivity index (χ0n) is 11.9. The molecule has 0 rings (SSSR count). The molecule has 106 valence electrons. The van der Waals surface area contributed by atoms with Crippen LogP contribution in [0, 0.1) is 0 Å². The SMILES string of the molecule is CCC=CC(CC)(CCO)NC(=O)CCSCC. The minimum atomic E-state index is -0.376. The maximum atomic E-state index is 11.9. The Morgan fingerprint density at radius 3 is 2.61 bits per heavy atom. The Morgan fingerprint density at radius 2 is 2.11 bits per heavy atom. The summed E-state index contributed by atoms with van der Waals surface area (Å²) in [5, 5.41) is 12.2. The number of carbonyl (C=O) groups is 1. The Balaban J connectivity index is 4.46. The second-order valence-electron chi connectivity index (χ2n) is 4.29. The van der Waals surface area contributed by atoms with Gasteiger partial charge in [0.25, 0.3) is 0 Å². The zero-order chi connectivity index (χ0) is 13.9. The summed E-state index contributed by atoms with van der Waals surface area (Å²) in [5.74, 6) is 1.98. The molecule has 0 aromatic rings. The third-order valence-electron chi connectivity index (χ3n) is 2.93. The summed E-state index contributed by atoms with van der Waals surface area (Å²) >= 11 is 1.77. The van der Waals surface area contributed by atoms with Crippen molar-refractivity contribution in [1.82, 2.24) is 5.32 Å². The van der Waals surface area contributed by atoms with E-state index in [0.717, 1.165) is 24.3 Å². The van der Waals surface area contributed by atoms with Crippen LogP contribution >= 0.6 is 11.8 Å². The number of aliphatic hydroxyl groups is 1. The summed E-state index contributed by atoms with van der Waals surface area (Å²) in [6.45, 7) is 6.28. The molecule has 0 spiro atoms. The number of aliphatic hydroxyl groups excluding tert-OH is 1. The van der Waals surface area contributed by atoms with Crippen molar-refractivity contribution in [3.8, 4) is 0 Å². The molecule has 4 heteroatoms. The van der Waals surface area contributed by atoms with Gasteiger partial charge < -0.3 is 10.4 Å². The summed E-state index contributed by atoms with van der Waals surface area (Å²) in [5.41, 5.74) is -0.376. The molecule has 1 unspecified atom stereocenters. The van der Waals surface area contributed by atoms with E-state index in [1.54, 1.807) is 11.8 Å². The highest BCUT2D eigenvalue weighted by atomic mass is 32.2. The van der Waals surface area contributed by atoms with Crippen molar-refractivity contribution in [1.29, 1.82) is 0 Å². The molecule has 0 aliphatic rings. The van der Waals surface area contributed by atoms with Crippen molar-refractivity contribution < 1.29 is 9.90 Å². The van der Waals surface area contributed by atoms with Crippen molar-refractivity contribution in [2.75, 3.05) is 18.1 Å². The monoisotopic (exact) mass is 273 g/mol. The predicted molar refractivity (Wildman–Crippen MR) is 79.9 cm³/mol. The summed E-state index contributed by atoms with van der Waals surface area (Å²) in [4.78, 5) is 11.9. The van der Waals surface area contributed by atoms with Gasteiger partial charge in [-0.1, -0.05) is 32.9 Å². The number of allylic oxidation sites excluding steroid dienone is 1. The van der Waals surface area contributed by atoms with Gasteiger partial charge in [0.15, 0.2) is 0 Å². The highest BCUT2D eigenvalue weighted by Crippen LogP contribution is 2.18. The topological polar surface area (TPSA) is 49.3 Å². The normalized spacial score (nSPS) is 14.7. The van der Waals surface area contributed by atoms with Gasteiger partial charge in [0, 0.05) is 18.8 Å². The van der Waals surface area contributed by atoms with E-state index in [4.69, 9.17) is 0 Å². The van der Waals surface area contributed by atoms with Crippen molar-refractivity contribution in [2.24, 2.45) is 0 Å². The average Bonchev–Trinajstić information content (AvgIpc) is 2.36. The number of hydrogen-bond donors (Lipinski definition) is 2. The fourth-order valence-electron chi connectivity index (χ4n) is 1.76. The second kappa shape index (κ2) is 10.4.